The van der Waals surface area contributed by atoms with Gasteiger partial charge in [-0.05, 0) is 68.1 Å². The Kier molecular flexibility index (Phi) is 6.08. The van der Waals surface area contributed by atoms with E-state index in [0.29, 0.717) is 10.6 Å². The molecule has 180 valence electrons. The van der Waals surface area contributed by atoms with E-state index in [1.807, 2.05) is 58.0 Å². The van der Waals surface area contributed by atoms with Gasteiger partial charge in [0.1, 0.15) is 0 Å². The number of aromatic nitrogens is 1. The number of nitrogens with zero attached hydrogens (tertiary/aromatic N) is 2. The van der Waals surface area contributed by atoms with E-state index in [0.717, 1.165) is 45.1 Å². The van der Waals surface area contributed by atoms with Crippen LogP contribution in [0.15, 0.2) is 54.6 Å². The van der Waals surface area contributed by atoms with Gasteiger partial charge in [0.15, 0.2) is 11.2 Å². The Hall–Kier alpha value is -2.93. The first-order chi connectivity index (χ1) is 16.6. The van der Waals surface area contributed by atoms with E-state index in [1.165, 1.54) is 11.1 Å². The van der Waals surface area contributed by atoms with Gasteiger partial charge in [0.25, 0.3) is 0 Å². The molecule has 0 saturated heterocycles. The van der Waals surface area contributed by atoms with Gasteiger partial charge in [0.05, 0.1) is 15.8 Å². The maximum Gasteiger partial charge on any atom is 0.337 e. The topological polar surface area (TPSA) is 62.7 Å². The molecule has 7 heteroatoms. The Labute approximate surface area is 213 Å². The first-order valence-electron chi connectivity index (χ1n) is 11.5. The number of aliphatic carboxylic acids is 1. The van der Waals surface area contributed by atoms with E-state index >= 15 is 0 Å². The zero-order valence-corrected chi connectivity index (χ0v) is 21.7. The van der Waals surface area contributed by atoms with Gasteiger partial charge in [-0.1, -0.05) is 59.3 Å². The van der Waals surface area contributed by atoms with Gasteiger partial charge in [0, 0.05) is 29.2 Å². The Balaban J connectivity index is 1.71. The molecular formula is C28H27ClN2O3S. The van der Waals surface area contributed by atoms with Crippen molar-refractivity contribution >= 4 is 44.3 Å². The number of halogens is 1. The highest BCUT2D eigenvalue weighted by Crippen LogP contribution is 2.45. The average molecular weight is 507 g/mol. The maximum atomic E-state index is 12.5. The molecule has 0 radical (unpaired) electrons. The summed E-state index contributed by atoms with van der Waals surface area (Å²) in [7, 11) is 0. The van der Waals surface area contributed by atoms with Crippen molar-refractivity contribution in [2.45, 2.75) is 52.5 Å². The van der Waals surface area contributed by atoms with Gasteiger partial charge < -0.3 is 14.7 Å². The molecule has 4 aromatic rings. The largest absolute Gasteiger partial charge is 0.479 e. The summed E-state index contributed by atoms with van der Waals surface area (Å²) in [6, 6.07) is 17.9. The quantitative estimate of drug-likeness (QED) is 0.306. The van der Waals surface area contributed by atoms with E-state index in [9.17, 15) is 9.90 Å². The van der Waals surface area contributed by atoms with Crippen molar-refractivity contribution in [1.82, 2.24) is 4.98 Å². The summed E-state index contributed by atoms with van der Waals surface area (Å²) in [5.74, 6) is -1.02. The maximum absolute atomic E-state index is 12.5. The van der Waals surface area contributed by atoms with E-state index < -0.39 is 17.7 Å². The molecule has 1 aliphatic rings. The van der Waals surface area contributed by atoms with Crippen LogP contribution in [0.5, 0.6) is 0 Å². The molecule has 3 aromatic carbocycles. The number of hydrogen-bond acceptors (Lipinski definition) is 5. The van der Waals surface area contributed by atoms with Crippen LogP contribution in [0, 0.1) is 6.92 Å². The first-order valence-corrected chi connectivity index (χ1v) is 12.7. The molecule has 2 heterocycles. The number of rotatable bonds is 5. The number of carboxylic acids is 1. The lowest BCUT2D eigenvalue weighted by atomic mass is 9.91. The average Bonchev–Trinajstić information content (AvgIpc) is 3.40. The van der Waals surface area contributed by atoms with Crippen LogP contribution >= 0.6 is 22.9 Å². The van der Waals surface area contributed by atoms with Crippen molar-refractivity contribution in [3.05, 3.63) is 81.9 Å². The zero-order chi connectivity index (χ0) is 24.9. The molecule has 0 fully saturated rings. The predicted octanol–water partition coefficient (Wildman–Crippen LogP) is 7.39. The Bertz CT molecular complexity index is 1400. The highest BCUT2D eigenvalue weighted by Gasteiger charge is 2.33. The third-order valence-electron chi connectivity index (χ3n) is 6.12. The molecular weight excluding hydrogens is 480 g/mol. The number of carbonyl (C=O) groups is 1. The van der Waals surface area contributed by atoms with Crippen LogP contribution in [0.4, 0.5) is 5.13 Å². The normalized spacial score (nSPS) is 14.4. The summed E-state index contributed by atoms with van der Waals surface area (Å²) in [6.45, 7) is 9.16. The SMILES string of the molecule is Cc1cc2nc(N3Cc4ccccc4C3)sc2c(-c2ccc(Cl)cc2)c1[C@H](OC(C)(C)C)C(=O)O. The summed E-state index contributed by atoms with van der Waals surface area (Å²) in [5.41, 5.74) is 6.06. The van der Waals surface area contributed by atoms with E-state index in [4.69, 9.17) is 21.3 Å². The second-order valence-corrected chi connectivity index (χ2v) is 11.3. The van der Waals surface area contributed by atoms with Gasteiger partial charge >= 0.3 is 5.97 Å². The molecule has 1 aromatic heterocycles. The third-order valence-corrected chi connectivity index (χ3v) is 7.52. The van der Waals surface area contributed by atoms with Crippen LogP contribution in [0.1, 0.15) is 49.1 Å². The molecule has 1 N–H and O–H groups in total. The van der Waals surface area contributed by atoms with Crippen molar-refractivity contribution < 1.29 is 14.6 Å². The van der Waals surface area contributed by atoms with E-state index in [-0.39, 0.29) is 0 Å². The number of aryl methyl sites for hydroxylation is 1. The van der Waals surface area contributed by atoms with Crippen LogP contribution in [-0.4, -0.2) is 21.7 Å². The van der Waals surface area contributed by atoms with Crippen LogP contribution in [0.25, 0.3) is 21.3 Å². The van der Waals surface area contributed by atoms with Crippen molar-refractivity contribution in [2.75, 3.05) is 4.90 Å². The van der Waals surface area contributed by atoms with Gasteiger partial charge in [-0.25, -0.2) is 9.78 Å². The molecule has 5 nitrogen and oxygen atoms in total. The van der Waals surface area contributed by atoms with Crippen LogP contribution < -0.4 is 4.90 Å². The molecule has 35 heavy (non-hydrogen) atoms. The summed E-state index contributed by atoms with van der Waals surface area (Å²) in [4.78, 5) is 19.7. The van der Waals surface area contributed by atoms with Gasteiger partial charge in [-0.3, -0.25) is 0 Å². The summed E-state index contributed by atoms with van der Waals surface area (Å²) in [5, 5.41) is 11.8. The minimum Gasteiger partial charge on any atom is -0.479 e. The molecule has 0 saturated carbocycles. The minimum absolute atomic E-state index is 0.625. The van der Waals surface area contributed by atoms with Crippen molar-refractivity contribution in [3.63, 3.8) is 0 Å². The van der Waals surface area contributed by atoms with Crippen LogP contribution in [-0.2, 0) is 22.6 Å². The smallest absolute Gasteiger partial charge is 0.337 e. The lowest BCUT2D eigenvalue weighted by Crippen LogP contribution is -2.28. The van der Waals surface area contributed by atoms with Gasteiger partial charge in [-0.2, -0.15) is 0 Å². The standard InChI is InChI=1S/C28H27ClN2O3S/c1-16-13-21-25(35-27(30-21)31-14-18-7-5-6-8-19(18)15-31)23(17-9-11-20(29)12-10-17)22(16)24(26(32)33)34-28(2,3)4/h5-13,24H,14-15H2,1-4H3,(H,32,33)/t24-/m0/s1. The lowest BCUT2D eigenvalue weighted by molar-refractivity contribution is -0.160. The van der Waals surface area contributed by atoms with Crippen LogP contribution in [0.2, 0.25) is 5.02 Å². The lowest BCUT2D eigenvalue weighted by Gasteiger charge is -2.28. The number of thiazole rings is 1. The minimum atomic E-state index is -1.12. The monoisotopic (exact) mass is 506 g/mol. The van der Waals surface area contributed by atoms with Gasteiger partial charge in [0.2, 0.25) is 0 Å². The third kappa shape index (κ3) is 4.66. The molecule has 0 unspecified atom stereocenters. The molecule has 0 aliphatic carbocycles. The molecule has 0 bridgehead atoms. The Morgan fingerprint density at radius 1 is 1.11 bits per heavy atom. The van der Waals surface area contributed by atoms with Crippen molar-refractivity contribution in [2.24, 2.45) is 0 Å². The summed E-state index contributed by atoms with van der Waals surface area (Å²) >= 11 is 7.78. The molecule has 1 aliphatic heterocycles. The number of anilines is 1. The highest BCUT2D eigenvalue weighted by molar-refractivity contribution is 7.22. The molecule has 5 rings (SSSR count). The predicted molar refractivity (Wildman–Crippen MR) is 142 cm³/mol. The van der Waals surface area contributed by atoms with E-state index in [2.05, 4.69) is 29.2 Å². The fourth-order valence-electron chi connectivity index (χ4n) is 4.63. The highest BCUT2D eigenvalue weighted by atomic mass is 35.5. The van der Waals surface area contributed by atoms with Crippen molar-refractivity contribution in [3.8, 4) is 11.1 Å². The Morgan fingerprint density at radius 3 is 2.31 bits per heavy atom. The number of benzene rings is 3. The van der Waals surface area contributed by atoms with Crippen LogP contribution in [0.3, 0.4) is 0 Å². The fraction of sp³-hybridized carbons (Fsp3) is 0.286. The number of hydrogen-bond donors (Lipinski definition) is 1. The summed E-state index contributed by atoms with van der Waals surface area (Å²) < 4.78 is 7.04. The molecule has 0 amide bonds. The fourth-order valence-corrected chi connectivity index (χ4v) is 5.88. The second-order valence-electron chi connectivity index (χ2n) is 9.91. The number of ether oxygens (including phenoxy) is 1. The zero-order valence-electron chi connectivity index (χ0n) is 20.1. The second kappa shape index (κ2) is 8.94. The van der Waals surface area contributed by atoms with Crippen molar-refractivity contribution in [1.29, 1.82) is 0 Å². The summed E-state index contributed by atoms with van der Waals surface area (Å²) in [6.07, 6.45) is -1.12. The van der Waals surface area contributed by atoms with Gasteiger partial charge in [-0.15, -0.1) is 0 Å². The molecule has 1 atom stereocenters. The number of fused-ring (bicyclic) bond motifs is 2. The van der Waals surface area contributed by atoms with E-state index in [1.54, 1.807) is 11.3 Å². The first kappa shape index (κ1) is 23.8. The number of carboxylic acid groups (broad SMARTS) is 1. The Morgan fingerprint density at radius 2 is 1.74 bits per heavy atom. The molecule has 0 spiro atoms.